The molecule has 0 aromatic heterocycles. The molecule has 172 valence electrons. The van der Waals surface area contributed by atoms with Gasteiger partial charge in [-0.05, 0) is 73.8 Å². The number of benzene rings is 3. The van der Waals surface area contributed by atoms with E-state index in [1.54, 1.807) is 30.3 Å². The predicted octanol–water partition coefficient (Wildman–Crippen LogP) is 6.88. The molecular formula is C23H18Br2Cl2N2O4. The van der Waals surface area contributed by atoms with Gasteiger partial charge in [0.2, 0.25) is 0 Å². The zero-order chi connectivity index (χ0) is 24.0. The Labute approximate surface area is 218 Å². The van der Waals surface area contributed by atoms with E-state index in [2.05, 4.69) is 42.4 Å². The van der Waals surface area contributed by atoms with Crippen LogP contribution < -0.4 is 19.6 Å². The maximum Gasteiger partial charge on any atom is 0.275 e. The van der Waals surface area contributed by atoms with Crippen molar-refractivity contribution in [1.29, 1.82) is 0 Å². The van der Waals surface area contributed by atoms with E-state index in [9.17, 15) is 4.79 Å². The van der Waals surface area contributed by atoms with Crippen LogP contribution in [0.5, 0.6) is 17.2 Å². The van der Waals surface area contributed by atoms with Crippen molar-refractivity contribution in [1.82, 2.24) is 5.43 Å². The molecule has 0 aliphatic heterocycles. The highest BCUT2D eigenvalue weighted by Crippen LogP contribution is 2.35. The quantitative estimate of drug-likeness (QED) is 0.221. The number of nitrogens with one attached hydrogen (secondary N) is 1. The van der Waals surface area contributed by atoms with E-state index in [4.69, 9.17) is 37.4 Å². The Bertz CT molecular complexity index is 1180. The summed E-state index contributed by atoms with van der Waals surface area (Å²) in [7, 11) is 3.02. The van der Waals surface area contributed by atoms with E-state index in [1.165, 1.54) is 20.4 Å². The number of carbonyl (C=O) groups excluding carboxylic acids is 1. The fourth-order valence-corrected chi connectivity index (χ4v) is 4.71. The van der Waals surface area contributed by atoms with Crippen molar-refractivity contribution in [3.05, 3.63) is 84.2 Å². The molecule has 0 aliphatic rings. The molecule has 0 spiro atoms. The molecule has 0 fully saturated rings. The first-order chi connectivity index (χ1) is 15.8. The van der Waals surface area contributed by atoms with E-state index >= 15 is 0 Å². The lowest BCUT2D eigenvalue weighted by Crippen LogP contribution is -2.18. The van der Waals surface area contributed by atoms with E-state index in [0.717, 1.165) is 11.1 Å². The van der Waals surface area contributed by atoms with Crippen LogP contribution in [0.15, 0.2) is 62.6 Å². The number of hydrogen-bond acceptors (Lipinski definition) is 5. The molecule has 0 saturated heterocycles. The molecular weight excluding hydrogens is 599 g/mol. The van der Waals surface area contributed by atoms with E-state index in [1.807, 2.05) is 18.2 Å². The normalized spacial score (nSPS) is 10.8. The summed E-state index contributed by atoms with van der Waals surface area (Å²) in [5.41, 5.74) is 4.37. The number of carbonyl (C=O) groups is 1. The van der Waals surface area contributed by atoms with Crippen LogP contribution in [0.4, 0.5) is 0 Å². The molecule has 6 nitrogen and oxygen atoms in total. The average Bonchev–Trinajstić information content (AvgIpc) is 2.79. The van der Waals surface area contributed by atoms with Crippen LogP contribution in [0, 0.1) is 0 Å². The first-order valence-corrected chi connectivity index (χ1v) is 11.8. The summed E-state index contributed by atoms with van der Waals surface area (Å²) in [4.78, 5) is 12.5. The van der Waals surface area contributed by atoms with Gasteiger partial charge in [-0.1, -0.05) is 29.3 Å². The van der Waals surface area contributed by atoms with Gasteiger partial charge in [-0.3, -0.25) is 4.79 Å². The molecule has 0 atom stereocenters. The molecule has 0 heterocycles. The second-order valence-corrected chi connectivity index (χ2v) is 9.16. The summed E-state index contributed by atoms with van der Waals surface area (Å²) < 4.78 is 17.7. The van der Waals surface area contributed by atoms with Gasteiger partial charge in [0.25, 0.3) is 5.91 Å². The molecule has 3 aromatic carbocycles. The van der Waals surface area contributed by atoms with Crippen molar-refractivity contribution >= 4 is 67.2 Å². The number of ether oxygens (including phenoxy) is 3. The van der Waals surface area contributed by atoms with Crippen molar-refractivity contribution in [2.75, 3.05) is 14.2 Å². The largest absolute Gasteiger partial charge is 0.497 e. The van der Waals surface area contributed by atoms with Crippen LogP contribution in [-0.2, 0) is 6.61 Å². The molecule has 10 heteroatoms. The summed E-state index contributed by atoms with van der Waals surface area (Å²) in [6.07, 6.45) is 1.52. The van der Waals surface area contributed by atoms with Crippen molar-refractivity contribution in [3.63, 3.8) is 0 Å². The Morgan fingerprint density at radius 3 is 2.39 bits per heavy atom. The number of methoxy groups -OCH3 is 2. The maximum atomic E-state index is 12.5. The standard InChI is InChI=1S/C23H18Br2Cl2N2O4/c1-31-16-5-6-17(21(10-16)32-2)23(30)29-28-11-13-7-18(24)22(19(25)8-13)33-12-14-3-4-15(26)9-20(14)27/h3-11H,12H2,1-2H3,(H,29,30)/b28-11-. The molecule has 0 unspecified atom stereocenters. The second kappa shape index (κ2) is 11.7. The van der Waals surface area contributed by atoms with Crippen LogP contribution in [-0.4, -0.2) is 26.3 Å². The molecule has 0 bridgehead atoms. The highest BCUT2D eigenvalue weighted by Gasteiger charge is 2.13. The third kappa shape index (κ3) is 6.63. The Hall–Kier alpha value is -2.26. The molecule has 3 aromatic rings. The third-order valence-electron chi connectivity index (χ3n) is 4.44. The summed E-state index contributed by atoms with van der Waals surface area (Å²) in [6.45, 7) is 0.264. The molecule has 33 heavy (non-hydrogen) atoms. The monoisotopic (exact) mass is 614 g/mol. The van der Waals surface area contributed by atoms with Crippen molar-refractivity contribution < 1.29 is 19.0 Å². The van der Waals surface area contributed by atoms with Crippen LogP contribution in [0.1, 0.15) is 21.5 Å². The lowest BCUT2D eigenvalue weighted by molar-refractivity contribution is 0.0952. The van der Waals surface area contributed by atoms with Gasteiger partial charge in [0.15, 0.2) is 0 Å². The topological polar surface area (TPSA) is 69.2 Å². The van der Waals surface area contributed by atoms with Crippen molar-refractivity contribution in [2.45, 2.75) is 6.61 Å². The molecule has 1 N–H and O–H groups in total. The summed E-state index contributed by atoms with van der Waals surface area (Å²) in [5, 5.41) is 5.13. The van der Waals surface area contributed by atoms with Gasteiger partial charge in [-0.25, -0.2) is 5.43 Å². The number of hydrazone groups is 1. The van der Waals surface area contributed by atoms with Gasteiger partial charge >= 0.3 is 0 Å². The smallest absolute Gasteiger partial charge is 0.275 e. The summed E-state index contributed by atoms with van der Waals surface area (Å²) in [5.74, 6) is 1.16. The lowest BCUT2D eigenvalue weighted by atomic mass is 10.2. The minimum Gasteiger partial charge on any atom is -0.497 e. The van der Waals surface area contributed by atoms with Crippen LogP contribution in [0.2, 0.25) is 10.0 Å². The summed E-state index contributed by atoms with van der Waals surface area (Å²) in [6, 6.07) is 13.8. The highest BCUT2D eigenvalue weighted by molar-refractivity contribution is 9.11. The summed E-state index contributed by atoms with van der Waals surface area (Å²) >= 11 is 19.2. The third-order valence-corrected chi connectivity index (χ3v) is 6.21. The maximum absolute atomic E-state index is 12.5. The number of nitrogens with zero attached hydrogens (tertiary/aromatic N) is 1. The van der Waals surface area contributed by atoms with Crippen molar-refractivity contribution in [3.8, 4) is 17.2 Å². The van der Waals surface area contributed by atoms with Gasteiger partial charge < -0.3 is 14.2 Å². The second-order valence-electron chi connectivity index (χ2n) is 6.60. The van der Waals surface area contributed by atoms with Crippen LogP contribution in [0.3, 0.4) is 0 Å². The molecule has 0 saturated carbocycles. The van der Waals surface area contributed by atoms with E-state index in [-0.39, 0.29) is 6.61 Å². The van der Waals surface area contributed by atoms with Gasteiger partial charge in [0, 0.05) is 21.7 Å². The molecule has 0 radical (unpaired) electrons. The zero-order valence-corrected chi connectivity index (χ0v) is 22.2. The predicted molar refractivity (Wildman–Crippen MR) is 137 cm³/mol. The van der Waals surface area contributed by atoms with Gasteiger partial charge in [0.1, 0.15) is 23.9 Å². The number of halogens is 4. The zero-order valence-electron chi connectivity index (χ0n) is 17.5. The minimum absolute atomic E-state index is 0.264. The fraction of sp³-hybridized carbons (Fsp3) is 0.130. The van der Waals surface area contributed by atoms with Gasteiger partial charge in [-0.15, -0.1) is 0 Å². The molecule has 0 aliphatic carbocycles. The first kappa shape index (κ1) is 25.4. The van der Waals surface area contributed by atoms with Crippen LogP contribution in [0.25, 0.3) is 0 Å². The van der Waals surface area contributed by atoms with Gasteiger partial charge in [0.05, 0.1) is 34.9 Å². The Morgan fingerprint density at radius 1 is 1.03 bits per heavy atom. The number of amides is 1. The molecule has 3 rings (SSSR count). The molecule has 1 amide bonds. The van der Waals surface area contributed by atoms with E-state index in [0.29, 0.717) is 41.8 Å². The number of rotatable bonds is 8. The first-order valence-electron chi connectivity index (χ1n) is 9.43. The highest BCUT2D eigenvalue weighted by atomic mass is 79.9. The van der Waals surface area contributed by atoms with Gasteiger partial charge in [-0.2, -0.15) is 5.10 Å². The van der Waals surface area contributed by atoms with E-state index < -0.39 is 5.91 Å². The Kier molecular flexibility index (Phi) is 9.02. The Balaban J connectivity index is 1.68. The fourth-order valence-electron chi connectivity index (χ4n) is 2.79. The minimum atomic E-state index is -0.413. The average molecular weight is 617 g/mol. The Morgan fingerprint density at radius 2 is 1.76 bits per heavy atom. The lowest BCUT2D eigenvalue weighted by Gasteiger charge is -2.12. The van der Waals surface area contributed by atoms with Crippen LogP contribution >= 0.6 is 55.1 Å². The van der Waals surface area contributed by atoms with Crippen molar-refractivity contribution in [2.24, 2.45) is 5.10 Å². The SMILES string of the molecule is COc1ccc(C(=O)N/N=C\c2cc(Br)c(OCc3ccc(Cl)cc3Cl)c(Br)c2)c(OC)c1. The number of hydrogen-bond donors (Lipinski definition) is 1.